The van der Waals surface area contributed by atoms with Crippen LogP contribution in [0.2, 0.25) is 0 Å². The molecule has 2 aromatic heterocycles. The largest absolute Gasteiger partial charge is 0.323 e. The van der Waals surface area contributed by atoms with Gasteiger partial charge < -0.3 is 4.57 Å². The maximum absolute atomic E-state index is 13.2. The second kappa shape index (κ2) is 3.83. The van der Waals surface area contributed by atoms with Gasteiger partial charge in [-0.25, -0.2) is 13.8 Å². The predicted molar refractivity (Wildman–Crippen MR) is 57.5 cm³/mol. The summed E-state index contributed by atoms with van der Waals surface area (Å²) >= 11 is 0. The lowest BCUT2D eigenvalue weighted by molar-refractivity contribution is 0.510. The molecular weight excluding hydrogens is 242 g/mol. The van der Waals surface area contributed by atoms with Crippen molar-refractivity contribution < 1.29 is 8.78 Å². The number of hydrogen-bond donors (Lipinski definition) is 0. The zero-order chi connectivity index (χ0) is 12.7. The standard InChI is InChI=1S/C10H8F2N6/c1-17-15-10(14-16-17)4-18-5-13-8-2-6(11)7(12)3-9(8)18/h2-3,5H,4H2,1H3. The zero-order valence-corrected chi connectivity index (χ0v) is 9.38. The predicted octanol–water partition coefficient (Wildman–Crippen LogP) is 0.886. The molecule has 0 N–H and O–H groups in total. The number of nitrogens with zero attached hydrogens (tertiary/aromatic N) is 6. The van der Waals surface area contributed by atoms with Crippen molar-refractivity contribution in [1.82, 2.24) is 29.8 Å². The van der Waals surface area contributed by atoms with E-state index >= 15 is 0 Å². The Balaban J connectivity index is 2.04. The lowest BCUT2D eigenvalue weighted by atomic mass is 10.3. The molecule has 92 valence electrons. The summed E-state index contributed by atoms with van der Waals surface area (Å²) in [4.78, 5) is 5.33. The van der Waals surface area contributed by atoms with Gasteiger partial charge in [0.05, 0.1) is 31.0 Å². The second-order valence-electron chi connectivity index (χ2n) is 3.82. The molecule has 6 nitrogen and oxygen atoms in total. The van der Waals surface area contributed by atoms with Crippen LogP contribution in [0.15, 0.2) is 18.5 Å². The summed E-state index contributed by atoms with van der Waals surface area (Å²) < 4.78 is 27.8. The molecule has 0 atom stereocenters. The molecule has 0 bridgehead atoms. The third-order valence-electron chi connectivity index (χ3n) is 2.52. The highest BCUT2D eigenvalue weighted by atomic mass is 19.2. The fraction of sp³-hybridized carbons (Fsp3) is 0.200. The number of aryl methyl sites for hydroxylation is 1. The van der Waals surface area contributed by atoms with E-state index in [1.807, 2.05) is 0 Å². The Kier molecular flexibility index (Phi) is 2.29. The average Bonchev–Trinajstić information content (AvgIpc) is 2.89. The molecule has 3 rings (SSSR count). The number of imidazole rings is 1. The van der Waals surface area contributed by atoms with E-state index in [4.69, 9.17) is 0 Å². The second-order valence-corrected chi connectivity index (χ2v) is 3.82. The van der Waals surface area contributed by atoms with Crippen LogP contribution in [0.5, 0.6) is 0 Å². The van der Waals surface area contributed by atoms with Crippen molar-refractivity contribution >= 4 is 11.0 Å². The van der Waals surface area contributed by atoms with Gasteiger partial charge in [-0.05, 0) is 5.21 Å². The molecule has 0 saturated carbocycles. The third kappa shape index (κ3) is 1.71. The van der Waals surface area contributed by atoms with Gasteiger partial charge in [0, 0.05) is 12.1 Å². The van der Waals surface area contributed by atoms with Gasteiger partial charge in [-0.2, -0.15) is 4.80 Å². The first-order valence-corrected chi connectivity index (χ1v) is 5.16. The molecule has 3 aromatic rings. The van der Waals surface area contributed by atoms with Crippen molar-refractivity contribution in [2.75, 3.05) is 0 Å². The van der Waals surface area contributed by atoms with E-state index in [9.17, 15) is 8.78 Å². The molecule has 0 radical (unpaired) electrons. The van der Waals surface area contributed by atoms with Crippen LogP contribution in [-0.2, 0) is 13.6 Å². The Labute approximate surface area is 99.9 Å². The topological polar surface area (TPSA) is 61.4 Å². The minimum Gasteiger partial charge on any atom is -0.323 e. The molecule has 0 unspecified atom stereocenters. The van der Waals surface area contributed by atoms with Crippen molar-refractivity contribution in [2.45, 2.75) is 6.54 Å². The molecule has 18 heavy (non-hydrogen) atoms. The quantitative estimate of drug-likeness (QED) is 0.677. The normalized spacial score (nSPS) is 11.3. The van der Waals surface area contributed by atoms with Gasteiger partial charge in [-0.1, -0.05) is 0 Å². The summed E-state index contributed by atoms with van der Waals surface area (Å²) in [5.41, 5.74) is 0.874. The number of fused-ring (bicyclic) bond motifs is 1. The smallest absolute Gasteiger partial charge is 0.194 e. The first-order chi connectivity index (χ1) is 8.63. The number of aromatic nitrogens is 6. The van der Waals surface area contributed by atoms with Crippen molar-refractivity contribution in [3.63, 3.8) is 0 Å². The average molecular weight is 250 g/mol. The van der Waals surface area contributed by atoms with E-state index in [0.717, 1.165) is 12.1 Å². The monoisotopic (exact) mass is 250 g/mol. The van der Waals surface area contributed by atoms with Crippen molar-refractivity contribution in [2.24, 2.45) is 7.05 Å². The fourth-order valence-electron chi connectivity index (χ4n) is 1.72. The van der Waals surface area contributed by atoms with Gasteiger partial charge in [-0.3, -0.25) is 0 Å². The highest BCUT2D eigenvalue weighted by Gasteiger charge is 2.10. The minimum absolute atomic E-state index is 0.301. The van der Waals surface area contributed by atoms with E-state index in [0.29, 0.717) is 23.4 Å². The molecule has 0 amide bonds. The molecule has 1 aromatic carbocycles. The number of tetrazole rings is 1. The van der Waals surface area contributed by atoms with Crippen molar-refractivity contribution in [3.05, 3.63) is 35.9 Å². The minimum atomic E-state index is -0.912. The van der Waals surface area contributed by atoms with E-state index in [2.05, 4.69) is 20.4 Å². The van der Waals surface area contributed by atoms with Crippen molar-refractivity contribution in [3.8, 4) is 0 Å². The maximum Gasteiger partial charge on any atom is 0.194 e. The van der Waals surface area contributed by atoms with Gasteiger partial charge in [0.2, 0.25) is 0 Å². The molecule has 0 fully saturated rings. The molecule has 8 heteroatoms. The van der Waals surface area contributed by atoms with E-state index < -0.39 is 11.6 Å². The van der Waals surface area contributed by atoms with Gasteiger partial charge in [0.1, 0.15) is 0 Å². The van der Waals surface area contributed by atoms with Crippen LogP contribution in [0, 0.1) is 11.6 Å². The highest BCUT2D eigenvalue weighted by molar-refractivity contribution is 5.75. The van der Waals surface area contributed by atoms with Gasteiger partial charge in [-0.15, -0.1) is 10.2 Å². The molecule has 0 spiro atoms. The number of halogens is 2. The summed E-state index contributed by atoms with van der Waals surface area (Å²) in [6, 6.07) is 2.17. The maximum atomic E-state index is 13.2. The fourth-order valence-corrected chi connectivity index (χ4v) is 1.72. The molecule has 2 heterocycles. The Morgan fingerprint density at radius 3 is 2.72 bits per heavy atom. The van der Waals surface area contributed by atoms with E-state index in [1.165, 1.54) is 11.1 Å². The molecule has 0 aliphatic carbocycles. The summed E-state index contributed by atoms with van der Waals surface area (Å²) in [6.07, 6.45) is 1.49. The lowest BCUT2D eigenvalue weighted by Gasteiger charge is -2.00. The molecular formula is C10H8F2N6. The van der Waals surface area contributed by atoms with Gasteiger partial charge in [0.15, 0.2) is 17.5 Å². The summed E-state index contributed by atoms with van der Waals surface area (Å²) in [7, 11) is 1.65. The molecule has 0 saturated heterocycles. The van der Waals surface area contributed by atoms with Gasteiger partial charge in [0.25, 0.3) is 0 Å². The van der Waals surface area contributed by atoms with Crippen LogP contribution in [-0.4, -0.2) is 29.8 Å². The third-order valence-corrected chi connectivity index (χ3v) is 2.52. The Morgan fingerprint density at radius 1 is 1.22 bits per heavy atom. The van der Waals surface area contributed by atoms with Crippen LogP contribution in [0.3, 0.4) is 0 Å². The van der Waals surface area contributed by atoms with E-state index in [1.54, 1.807) is 11.6 Å². The van der Waals surface area contributed by atoms with Crippen LogP contribution in [0.25, 0.3) is 11.0 Å². The van der Waals surface area contributed by atoms with Crippen LogP contribution >= 0.6 is 0 Å². The first-order valence-electron chi connectivity index (χ1n) is 5.16. The van der Waals surface area contributed by atoms with Gasteiger partial charge >= 0.3 is 0 Å². The zero-order valence-electron chi connectivity index (χ0n) is 9.38. The SMILES string of the molecule is Cn1nnc(Cn2cnc3cc(F)c(F)cc32)n1. The number of rotatable bonds is 2. The van der Waals surface area contributed by atoms with Crippen LogP contribution in [0.4, 0.5) is 8.78 Å². The first kappa shape index (κ1) is 10.8. The number of benzene rings is 1. The molecule has 0 aliphatic heterocycles. The summed E-state index contributed by atoms with van der Waals surface area (Å²) in [6.45, 7) is 0.301. The lowest BCUT2D eigenvalue weighted by Crippen LogP contribution is -2.01. The molecule has 0 aliphatic rings. The van der Waals surface area contributed by atoms with Crippen molar-refractivity contribution in [1.29, 1.82) is 0 Å². The summed E-state index contributed by atoms with van der Waals surface area (Å²) in [5, 5.41) is 11.5. The van der Waals surface area contributed by atoms with Crippen LogP contribution in [0.1, 0.15) is 5.82 Å². The number of hydrogen-bond acceptors (Lipinski definition) is 4. The Hall–Kier alpha value is -2.38. The van der Waals surface area contributed by atoms with E-state index in [-0.39, 0.29) is 0 Å². The van der Waals surface area contributed by atoms with Crippen LogP contribution < -0.4 is 0 Å². The Bertz CT molecular complexity index is 716. The Morgan fingerprint density at radius 2 is 2.00 bits per heavy atom. The highest BCUT2D eigenvalue weighted by Crippen LogP contribution is 2.17. The summed E-state index contributed by atoms with van der Waals surface area (Å²) in [5.74, 6) is -1.34.